The van der Waals surface area contributed by atoms with Crippen molar-refractivity contribution in [3.8, 4) is 0 Å². The molecule has 1 aliphatic heterocycles. The molecule has 1 saturated heterocycles. The first-order valence-electron chi connectivity index (χ1n) is 5.29. The predicted octanol–water partition coefficient (Wildman–Crippen LogP) is 0.655. The van der Waals surface area contributed by atoms with E-state index in [1.165, 1.54) is 0 Å². The van der Waals surface area contributed by atoms with Gasteiger partial charge in [0.1, 0.15) is 0 Å². The summed E-state index contributed by atoms with van der Waals surface area (Å²) in [6, 6.07) is 0.379. The monoisotopic (exact) mass is 236 g/mol. The number of hydrogen-bond donors (Lipinski definition) is 1. The molecule has 1 amide bonds. The van der Waals surface area contributed by atoms with Gasteiger partial charge in [-0.25, -0.2) is 0 Å². The van der Waals surface area contributed by atoms with Crippen LogP contribution in [0.3, 0.4) is 0 Å². The van der Waals surface area contributed by atoms with Gasteiger partial charge >= 0.3 is 0 Å². The van der Waals surface area contributed by atoms with Crippen LogP contribution in [-0.4, -0.2) is 50.2 Å². The molecule has 1 aliphatic rings. The van der Waals surface area contributed by atoms with Gasteiger partial charge in [0, 0.05) is 26.2 Å². The van der Waals surface area contributed by atoms with Crippen LogP contribution in [0.15, 0.2) is 0 Å². The summed E-state index contributed by atoms with van der Waals surface area (Å²) >= 11 is 0. The molecule has 1 fully saturated rings. The van der Waals surface area contributed by atoms with Crippen molar-refractivity contribution in [2.24, 2.45) is 0 Å². The van der Waals surface area contributed by atoms with Crippen LogP contribution in [0.1, 0.15) is 19.8 Å². The lowest BCUT2D eigenvalue weighted by Gasteiger charge is -2.23. The van der Waals surface area contributed by atoms with Crippen molar-refractivity contribution < 1.29 is 9.53 Å². The molecular formula is C10H21ClN2O2. The minimum atomic E-state index is 0. The molecule has 15 heavy (non-hydrogen) atoms. The Bertz CT molecular complexity index is 184. The van der Waals surface area contributed by atoms with Crippen LogP contribution in [0.2, 0.25) is 0 Å². The van der Waals surface area contributed by atoms with Crippen LogP contribution < -0.4 is 5.32 Å². The molecule has 4 nitrogen and oxygen atoms in total. The molecule has 1 unspecified atom stereocenters. The smallest absolute Gasteiger partial charge is 0.224 e. The van der Waals surface area contributed by atoms with Crippen molar-refractivity contribution in [3.05, 3.63) is 0 Å². The van der Waals surface area contributed by atoms with Gasteiger partial charge in [0.2, 0.25) is 5.91 Å². The molecule has 1 N–H and O–H groups in total. The fourth-order valence-electron chi connectivity index (χ4n) is 1.65. The lowest BCUT2D eigenvalue weighted by atomic mass is 10.2. The summed E-state index contributed by atoms with van der Waals surface area (Å²) < 4.78 is 5.15. The molecule has 0 spiro atoms. The van der Waals surface area contributed by atoms with Gasteiger partial charge in [0.15, 0.2) is 0 Å². The first-order valence-corrected chi connectivity index (χ1v) is 5.29. The molecular weight excluding hydrogens is 216 g/mol. The summed E-state index contributed by atoms with van der Waals surface area (Å²) in [7, 11) is 1.88. The van der Waals surface area contributed by atoms with E-state index >= 15 is 0 Å². The van der Waals surface area contributed by atoms with Gasteiger partial charge in [-0.3, -0.25) is 4.79 Å². The number of carbonyl (C=O) groups excluding carboxylic acids is 1. The van der Waals surface area contributed by atoms with E-state index in [9.17, 15) is 4.79 Å². The number of likely N-dealkylation sites (N-methyl/N-ethyl adjacent to an activating group) is 1. The van der Waals surface area contributed by atoms with E-state index < -0.39 is 0 Å². The molecule has 0 aliphatic carbocycles. The predicted molar refractivity (Wildman–Crippen MR) is 62.4 cm³/mol. The highest BCUT2D eigenvalue weighted by molar-refractivity contribution is 5.85. The maximum atomic E-state index is 11.6. The molecule has 0 aromatic rings. The average molecular weight is 237 g/mol. The van der Waals surface area contributed by atoms with Gasteiger partial charge in [-0.2, -0.15) is 0 Å². The quantitative estimate of drug-likeness (QED) is 0.713. The van der Waals surface area contributed by atoms with Gasteiger partial charge in [0.05, 0.1) is 13.0 Å². The standard InChI is InChI=1S/C10H20N2O2.ClH/c1-3-14-7-5-10(13)12(2)9-4-6-11-8-9;/h9,11H,3-8H2,1-2H3;1H. The fraction of sp³-hybridized carbons (Fsp3) is 0.900. The third kappa shape index (κ3) is 4.82. The second kappa shape index (κ2) is 7.91. The Morgan fingerprint density at radius 1 is 1.60 bits per heavy atom. The molecule has 5 heteroatoms. The lowest BCUT2D eigenvalue weighted by molar-refractivity contribution is -0.132. The van der Waals surface area contributed by atoms with Gasteiger partial charge in [-0.05, 0) is 19.9 Å². The number of nitrogens with zero attached hydrogens (tertiary/aromatic N) is 1. The number of halogens is 1. The highest BCUT2D eigenvalue weighted by Gasteiger charge is 2.22. The lowest BCUT2D eigenvalue weighted by Crippen LogP contribution is -2.38. The van der Waals surface area contributed by atoms with Gasteiger partial charge in [-0.15, -0.1) is 12.4 Å². The Kier molecular flexibility index (Phi) is 7.74. The number of nitrogens with one attached hydrogen (secondary N) is 1. The van der Waals surface area contributed by atoms with E-state index in [0.29, 0.717) is 25.7 Å². The highest BCUT2D eigenvalue weighted by Crippen LogP contribution is 2.07. The average Bonchev–Trinajstić information content (AvgIpc) is 2.69. The van der Waals surface area contributed by atoms with Crippen LogP contribution in [0.5, 0.6) is 0 Å². The molecule has 90 valence electrons. The van der Waals surface area contributed by atoms with Crippen molar-refractivity contribution in [1.29, 1.82) is 0 Å². The Labute approximate surface area is 97.8 Å². The normalized spacial score (nSPS) is 19.7. The minimum Gasteiger partial charge on any atom is -0.381 e. The SMILES string of the molecule is CCOCCC(=O)N(C)C1CCNC1.Cl. The zero-order chi connectivity index (χ0) is 10.4. The van der Waals surface area contributed by atoms with Crippen molar-refractivity contribution >= 4 is 18.3 Å². The molecule has 0 saturated carbocycles. The molecule has 1 atom stereocenters. The zero-order valence-electron chi connectivity index (χ0n) is 9.49. The van der Waals surface area contributed by atoms with Crippen molar-refractivity contribution in [2.75, 3.05) is 33.4 Å². The first-order chi connectivity index (χ1) is 6.75. The van der Waals surface area contributed by atoms with E-state index in [4.69, 9.17) is 4.74 Å². The molecule has 0 aromatic carbocycles. The van der Waals surface area contributed by atoms with E-state index in [0.717, 1.165) is 19.5 Å². The first kappa shape index (κ1) is 14.7. The molecule has 0 bridgehead atoms. The van der Waals surface area contributed by atoms with Gasteiger partial charge < -0.3 is 15.0 Å². The van der Waals surface area contributed by atoms with Crippen LogP contribution in [0.4, 0.5) is 0 Å². The summed E-state index contributed by atoms with van der Waals surface area (Å²) in [5, 5.41) is 3.25. The second-order valence-electron chi connectivity index (χ2n) is 3.60. The number of ether oxygens (including phenoxy) is 1. The largest absolute Gasteiger partial charge is 0.381 e. The van der Waals surface area contributed by atoms with Crippen molar-refractivity contribution in [1.82, 2.24) is 10.2 Å². The van der Waals surface area contributed by atoms with Crippen molar-refractivity contribution in [2.45, 2.75) is 25.8 Å². The summed E-state index contributed by atoms with van der Waals surface area (Å²) in [5.74, 6) is 0.187. The number of rotatable bonds is 5. The Balaban J connectivity index is 0.00000196. The van der Waals surface area contributed by atoms with E-state index in [1.807, 2.05) is 18.9 Å². The van der Waals surface area contributed by atoms with Crippen LogP contribution in [0, 0.1) is 0 Å². The highest BCUT2D eigenvalue weighted by atomic mass is 35.5. The van der Waals surface area contributed by atoms with E-state index in [-0.39, 0.29) is 18.3 Å². The minimum absolute atomic E-state index is 0. The van der Waals surface area contributed by atoms with Crippen LogP contribution in [-0.2, 0) is 9.53 Å². The topological polar surface area (TPSA) is 41.6 Å². The summed E-state index contributed by atoms with van der Waals surface area (Å²) in [5.41, 5.74) is 0. The molecule has 0 radical (unpaired) electrons. The zero-order valence-corrected chi connectivity index (χ0v) is 10.3. The molecule has 1 rings (SSSR count). The molecule has 1 heterocycles. The fourth-order valence-corrected chi connectivity index (χ4v) is 1.65. The third-order valence-corrected chi connectivity index (χ3v) is 2.64. The number of amides is 1. The number of hydrogen-bond acceptors (Lipinski definition) is 3. The Morgan fingerprint density at radius 2 is 2.33 bits per heavy atom. The maximum Gasteiger partial charge on any atom is 0.224 e. The van der Waals surface area contributed by atoms with Gasteiger partial charge in [-0.1, -0.05) is 0 Å². The maximum absolute atomic E-state index is 11.6. The Morgan fingerprint density at radius 3 is 2.87 bits per heavy atom. The van der Waals surface area contributed by atoms with Crippen LogP contribution >= 0.6 is 12.4 Å². The van der Waals surface area contributed by atoms with Crippen LogP contribution in [0.25, 0.3) is 0 Å². The Hall–Kier alpha value is -0.320. The van der Waals surface area contributed by atoms with E-state index in [2.05, 4.69) is 5.32 Å². The molecule has 0 aromatic heterocycles. The summed E-state index contributed by atoms with van der Waals surface area (Å²) in [4.78, 5) is 13.5. The second-order valence-corrected chi connectivity index (χ2v) is 3.60. The van der Waals surface area contributed by atoms with Crippen molar-refractivity contribution in [3.63, 3.8) is 0 Å². The summed E-state index contributed by atoms with van der Waals surface area (Å²) in [6.07, 6.45) is 1.57. The summed E-state index contributed by atoms with van der Waals surface area (Å²) in [6.45, 7) is 5.11. The third-order valence-electron chi connectivity index (χ3n) is 2.64. The number of carbonyl (C=O) groups is 1. The van der Waals surface area contributed by atoms with Gasteiger partial charge in [0.25, 0.3) is 0 Å². The van der Waals surface area contributed by atoms with E-state index in [1.54, 1.807) is 0 Å².